The second kappa shape index (κ2) is 6.13. The average molecular weight is 296 g/mol. The van der Waals surface area contributed by atoms with Gasteiger partial charge in [0.2, 0.25) is 0 Å². The number of carbonyl (C=O) groups excluding carboxylic acids is 1. The lowest BCUT2D eigenvalue weighted by atomic mass is 10.1. The normalized spacial score (nSPS) is 13.7. The van der Waals surface area contributed by atoms with E-state index in [9.17, 15) is 4.79 Å². The molecule has 1 aliphatic carbocycles. The van der Waals surface area contributed by atoms with Crippen LogP contribution in [0.5, 0.6) is 0 Å². The first kappa shape index (κ1) is 14.5. The molecule has 2 amide bonds. The molecule has 22 heavy (non-hydrogen) atoms. The predicted octanol–water partition coefficient (Wildman–Crippen LogP) is 3.29. The van der Waals surface area contributed by atoms with Crippen LogP contribution >= 0.6 is 0 Å². The Morgan fingerprint density at radius 1 is 1.27 bits per heavy atom. The van der Waals surface area contributed by atoms with E-state index in [-0.39, 0.29) is 6.03 Å². The largest absolute Gasteiger partial charge is 0.332 e. The molecule has 0 bridgehead atoms. The summed E-state index contributed by atoms with van der Waals surface area (Å²) in [6, 6.07) is 7.62. The highest BCUT2D eigenvalue weighted by Gasteiger charge is 2.25. The summed E-state index contributed by atoms with van der Waals surface area (Å²) >= 11 is 0. The lowest BCUT2D eigenvalue weighted by Crippen LogP contribution is -2.29. The number of benzene rings is 1. The van der Waals surface area contributed by atoms with E-state index in [0.717, 1.165) is 28.2 Å². The number of hydrogen-bond donors (Lipinski definition) is 2. The van der Waals surface area contributed by atoms with Gasteiger partial charge in [0.05, 0.1) is 12.2 Å². The molecule has 5 nitrogen and oxygen atoms in total. The summed E-state index contributed by atoms with van der Waals surface area (Å²) in [6.45, 7) is 4.43. The van der Waals surface area contributed by atoms with Gasteiger partial charge in [-0.1, -0.05) is 12.1 Å². The second-order valence-electron chi connectivity index (χ2n) is 5.76. The van der Waals surface area contributed by atoms with Gasteiger partial charge in [-0.15, -0.1) is 0 Å². The summed E-state index contributed by atoms with van der Waals surface area (Å²) in [6.07, 6.45) is 3.99. The van der Waals surface area contributed by atoms with Crippen molar-refractivity contribution in [2.75, 3.05) is 5.32 Å². The number of aryl methyl sites for hydroxylation is 1. The van der Waals surface area contributed by atoms with Gasteiger partial charge in [-0.3, -0.25) is 0 Å². The van der Waals surface area contributed by atoms with E-state index in [1.807, 2.05) is 38.1 Å². The van der Waals surface area contributed by atoms with Crippen LogP contribution in [0.1, 0.15) is 41.3 Å². The van der Waals surface area contributed by atoms with Crippen molar-refractivity contribution in [1.29, 1.82) is 0 Å². The van der Waals surface area contributed by atoms with Gasteiger partial charge >= 0.3 is 6.03 Å². The fraction of sp³-hybridized carbons (Fsp3) is 0.353. The molecule has 1 aromatic carbocycles. The smallest absolute Gasteiger partial charge is 0.319 e. The minimum Gasteiger partial charge on any atom is -0.332 e. The molecule has 0 unspecified atom stereocenters. The number of aromatic nitrogens is 2. The molecule has 114 valence electrons. The summed E-state index contributed by atoms with van der Waals surface area (Å²) in [4.78, 5) is 20.5. The molecular formula is C17H20N4O. The Kier molecular flexibility index (Phi) is 4.04. The van der Waals surface area contributed by atoms with Crippen molar-refractivity contribution in [2.45, 2.75) is 39.2 Å². The maximum atomic E-state index is 12.0. The minimum atomic E-state index is -0.222. The topological polar surface area (TPSA) is 66.9 Å². The van der Waals surface area contributed by atoms with Crippen LogP contribution in [0.15, 0.2) is 30.6 Å². The summed E-state index contributed by atoms with van der Waals surface area (Å²) in [5.74, 6) is 0.588. The van der Waals surface area contributed by atoms with E-state index in [2.05, 4.69) is 20.6 Å². The van der Waals surface area contributed by atoms with Crippen molar-refractivity contribution in [3.05, 3.63) is 53.1 Å². The number of nitrogens with one attached hydrogen (secondary N) is 2. The van der Waals surface area contributed by atoms with Gasteiger partial charge in [0.1, 0.15) is 6.33 Å². The SMILES string of the molecule is Cc1cccc(NC(=O)NCc2cc(C3CC3)ncn2)c1C. The third kappa shape index (κ3) is 3.42. The van der Waals surface area contributed by atoms with Crippen molar-refractivity contribution in [2.24, 2.45) is 0 Å². The molecule has 1 fully saturated rings. The van der Waals surface area contributed by atoms with Crippen LogP contribution in [0.3, 0.4) is 0 Å². The lowest BCUT2D eigenvalue weighted by Gasteiger charge is -2.11. The number of carbonyl (C=O) groups is 1. The molecule has 1 heterocycles. The molecule has 5 heteroatoms. The molecule has 2 N–H and O–H groups in total. The van der Waals surface area contributed by atoms with Crippen LogP contribution in [-0.2, 0) is 6.54 Å². The van der Waals surface area contributed by atoms with Crippen molar-refractivity contribution in [3.8, 4) is 0 Å². The molecule has 0 saturated heterocycles. The molecule has 3 rings (SSSR count). The number of rotatable bonds is 4. The maximum Gasteiger partial charge on any atom is 0.319 e. The number of hydrogen-bond acceptors (Lipinski definition) is 3. The molecule has 1 aromatic heterocycles. The Morgan fingerprint density at radius 2 is 2.09 bits per heavy atom. The quantitative estimate of drug-likeness (QED) is 0.909. The zero-order chi connectivity index (χ0) is 15.5. The first-order chi connectivity index (χ1) is 10.6. The number of anilines is 1. The van der Waals surface area contributed by atoms with E-state index in [1.54, 1.807) is 6.33 Å². The van der Waals surface area contributed by atoms with Gasteiger partial charge in [-0.25, -0.2) is 14.8 Å². The Morgan fingerprint density at radius 3 is 2.86 bits per heavy atom. The van der Waals surface area contributed by atoms with E-state index < -0.39 is 0 Å². The van der Waals surface area contributed by atoms with Crippen LogP contribution in [0, 0.1) is 13.8 Å². The molecule has 0 spiro atoms. The third-order valence-electron chi connectivity index (χ3n) is 4.02. The Labute approximate surface area is 130 Å². The zero-order valence-corrected chi connectivity index (χ0v) is 12.9. The van der Waals surface area contributed by atoms with E-state index in [4.69, 9.17) is 0 Å². The molecule has 2 aromatic rings. The molecule has 0 atom stereocenters. The molecule has 0 aliphatic heterocycles. The van der Waals surface area contributed by atoms with Crippen molar-refractivity contribution >= 4 is 11.7 Å². The van der Waals surface area contributed by atoms with Crippen molar-refractivity contribution in [1.82, 2.24) is 15.3 Å². The fourth-order valence-electron chi connectivity index (χ4n) is 2.34. The summed E-state index contributed by atoms with van der Waals surface area (Å²) in [7, 11) is 0. The van der Waals surface area contributed by atoms with Crippen LogP contribution in [0.2, 0.25) is 0 Å². The van der Waals surface area contributed by atoms with Crippen LogP contribution in [-0.4, -0.2) is 16.0 Å². The van der Waals surface area contributed by atoms with Crippen LogP contribution < -0.4 is 10.6 Å². The number of nitrogens with zero attached hydrogens (tertiary/aromatic N) is 2. The molecular weight excluding hydrogens is 276 g/mol. The molecule has 0 radical (unpaired) electrons. The Balaban J connectivity index is 1.58. The van der Waals surface area contributed by atoms with Gasteiger partial charge in [-0.05, 0) is 49.9 Å². The van der Waals surface area contributed by atoms with E-state index in [1.165, 1.54) is 12.8 Å². The Hall–Kier alpha value is -2.43. The second-order valence-corrected chi connectivity index (χ2v) is 5.76. The fourth-order valence-corrected chi connectivity index (χ4v) is 2.34. The molecule has 1 aliphatic rings. The summed E-state index contributed by atoms with van der Waals surface area (Å²) < 4.78 is 0. The minimum absolute atomic E-state index is 0.222. The van der Waals surface area contributed by atoms with E-state index >= 15 is 0 Å². The average Bonchev–Trinajstić information content (AvgIpc) is 3.35. The van der Waals surface area contributed by atoms with Gasteiger partial charge in [0.25, 0.3) is 0 Å². The summed E-state index contributed by atoms with van der Waals surface area (Å²) in [5, 5.41) is 5.72. The monoisotopic (exact) mass is 296 g/mol. The van der Waals surface area contributed by atoms with Gasteiger partial charge in [-0.2, -0.15) is 0 Å². The van der Waals surface area contributed by atoms with Gasteiger partial charge in [0.15, 0.2) is 0 Å². The highest BCUT2D eigenvalue weighted by molar-refractivity contribution is 5.90. The number of amides is 2. The zero-order valence-electron chi connectivity index (χ0n) is 12.9. The number of urea groups is 1. The standard InChI is InChI=1S/C17H20N4O/c1-11-4-3-5-15(12(11)2)21-17(22)18-9-14-8-16(13-6-7-13)20-10-19-14/h3-5,8,10,13H,6-7,9H2,1-2H3,(H2,18,21,22). The Bertz CT molecular complexity index is 695. The third-order valence-corrected chi connectivity index (χ3v) is 4.02. The first-order valence-corrected chi connectivity index (χ1v) is 7.55. The lowest BCUT2D eigenvalue weighted by molar-refractivity contribution is 0.251. The van der Waals surface area contributed by atoms with E-state index in [0.29, 0.717) is 12.5 Å². The van der Waals surface area contributed by atoms with Gasteiger partial charge < -0.3 is 10.6 Å². The van der Waals surface area contributed by atoms with Crippen LogP contribution in [0.4, 0.5) is 10.5 Å². The first-order valence-electron chi connectivity index (χ1n) is 7.55. The van der Waals surface area contributed by atoms with Gasteiger partial charge in [0, 0.05) is 17.3 Å². The molecule has 1 saturated carbocycles. The highest BCUT2D eigenvalue weighted by atomic mass is 16.2. The maximum absolute atomic E-state index is 12.0. The van der Waals surface area contributed by atoms with Crippen molar-refractivity contribution in [3.63, 3.8) is 0 Å². The highest BCUT2D eigenvalue weighted by Crippen LogP contribution is 2.38. The summed E-state index contributed by atoms with van der Waals surface area (Å²) in [5.41, 5.74) is 4.99. The van der Waals surface area contributed by atoms with Crippen LogP contribution in [0.25, 0.3) is 0 Å². The predicted molar refractivity (Wildman–Crippen MR) is 85.8 cm³/mol. The van der Waals surface area contributed by atoms with Crippen molar-refractivity contribution < 1.29 is 4.79 Å².